The predicted molar refractivity (Wildman–Crippen MR) is 92.6 cm³/mol. The van der Waals surface area contributed by atoms with Crippen molar-refractivity contribution in [2.24, 2.45) is 0 Å². The molecule has 0 amide bonds. The summed E-state index contributed by atoms with van der Waals surface area (Å²) in [7, 11) is 3.02. The average molecular weight is 348 g/mol. The SMILES string of the molecule is CCc1sc(C(=O)OCC(=O)c2ccc(OC)c(OC)c2)cc1C. The van der Waals surface area contributed by atoms with Gasteiger partial charge in [-0.1, -0.05) is 6.92 Å². The number of methoxy groups -OCH3 is 2. The van der Waals surface area contributed by atoms with E-state index in [1.54, 1.807) is 24.3 Å². The van der Waals surface area contributed by atoms with Crippen molar-refractivity contribution < 1.29 is 23.8 Å². The monoisotopic (exact) mass is 348 g/mol. The molecule has 1 aromatic heterocycles. The predicted octanol–water partition coefficient (Wildman–Crippen LogP) is 3.68. The van der Waals surface area contributed by atoms with Gasteiger partial charge in [0.1, 0.15) is 4.88 Å². The lowest BCUT2D eigenvalue weighted by Crippen LogP contribution is -2.13. The molecule has 128 valence electrons. The minimum Gasteiger partial charge on any atom is -0.493 e. The molecule has 0 bridgehead atoms. The number of hydrogen-bond acceptors (Lipinski definition) is 6. The van der Waals surface area contributed by atoms with E-state index in [0.29, 0.717) is 21.9 Å². The smallest absolute Gasteiger partial charge is 0.348 e. The third-order valence-corrected chi connectivity index (χ3v) is 4.94. The standard InChI is InChI=1S/C18H20O5S/c1-5-16-11(2)8-17(24-16)18(20)23-10-13(19)12-6-7-14(21-3)15(9-12)22-4/h6-9H,5,10H2,1-4H3. The minimum absolute atomic E-state index is 0.298. The number of hydrogen-bond donors (Lipinski definition) is 0. The fourth-order valence-electron chi connectivity index (χ4n) is 2.27. The third kappa shape index (κ3) is 3.94. The van der Waals surface area contributed by atoms with Crippen molar-refractivity contribution in [3.63, 3.8) is 0 Å². The molecule has 2 rings (SSSR count). The fraction of sp³-hybridized carbons (Fsp3) is 0.333. The van der Waals surface area contributed by atoms with Gasteiger partial charge < -0.3 is 14.2 Å². The summed E-state index contributed by atoms with van der Waals surface area (Å²) >= 11 is 1.40. The summed E-state index contributed by atoms with van der Waals surface area (Å²) in [5.74, 6) is 0.216. The number of aryl methyl sites for hydroxylation is 2. The summed E-state index contributed by atoms with van der Waals surface area (Å²) in [6.07, 6.45) is 0.869. The molecule has 0 aliphatic heterocycles. The Hall–Kier alpha value is -2.34. The summed E-state index contributed by atoms with van der Waals surface area (Å²) < 4.78 is 15.4. The van der Waals surface area contributed by atoms with Gasteiger partial charge >= 0.3 is 5.97 Å². The Kier molecular flexibility index (Phi) is 5.98. The number of thiophene rings is 1. The molecule has 0 saturated carbocycles. The highest BCUT2D eigenvalue weighted by molar-refractivity contribution is 7.14. The van der Waals surface area contributed by atoms with Gasteiger partial charge in [-0.2, -0.15) is 0 Å². The van der Waals surface area contributed by atoms with Crippen LogP contribution in [-0.4, -0.2) is 32.6 Å². The summed E-state index contributed by atoms with van der Waals surface area (Å²) in [5.41, 5.74) is 1.47. The Bertz CT molecular complexity index is 748. The summed E-state index contributed by atoms with van der Waals surface area (Å²) in [5, 5.41) is 0. The second-order valence-corrected chi connectivity index (χ2v) is 6.28. The highest BCUT2D eigenvalue weighted by Crippen LogP contribution is 2.28. The lowest BCUT2D eigenvalue weighted by atomic mass is 10.1. The number of esters is 1. The van der Waals surface area contributed by atoms with Crippen molar-refractivity contribution in [2.45, 2.75) is 20.3 Å². The Morgan fingerprint density at radius 3 is 2.38 bits per heavy atom. The van der Waals surface area contributed by atoms with Crippen LogP contribution in [0.25, 0.3) is 0 Å². The zero-order valence-corrected chi connectivity index (χ0v) is 15.0. The van der Waals surface area contributed by atoms with Crippen LogP contribution < -0.4 is 9.47 Å². The maximum absolute atomic E-state index is 12.2. The first-order chi connectivity index (χ1) is 11.5. The number of Topliss-reactive ketones (excluding diaryl/α,β-unsaturated/α-hetero) is 1. The van der Waals surface area contributed by atoms with Crippen LogP contribution in [0.5, 0.6) is 11.5 Å². The van der Waals surface area contributed by atoms with Crippen LogP contribution >= 0.6 is 11.3 Å². The zero-order chi connectivity index (χ0) is 17.7. The maximum Gasteiger partial charge on any atom is 0.348 e. The molecule has 0 fully saturated rings. The second-order valence-electron chi connectivity index (χ2n) is 5.14. The summed E-state index contributed by atoms with van der Waals surface area (Å²) in [6, 6.07) is 6.62. The fourth-order valence-corrected chi connectivity index (χ4v) is 3.27. The van der Waals surface area contributed by atoms with Crippen LogP contribution in [0, 0.1) is 6.92 Å². The van der Waals surface area contributed by atoms with Gasteiger partial charge in [0.15, 0.2) is 23.9 Å². The van der Waals surface area contributed by atoms with Crippen molar-refractivity contribution in [3.8, 4) is 11.5 Å². The van der Waals surface area contributed by atoms with Crippen LogP contribution in [-0.2, 0) is 11.2 Å². The van der Waals surface area contributed by atoms with E-state index in [1.165, 1.54) is 25.6 Å². The van der Waals surface area contributed by atoms with Crippen molar-refractivity contribution in [3.05, 3.63) is 45.1 Å². The normalized spacial score (nSPS) is 10.3. The van der Waals surface area contributed by atoms with Gasteiger partial charge in [-0.15, -0.1) is 11.3 Å². The van der Waals surface area contributed by atoms with Crippen LogP contribution in [0.4, 0.5) is 0 Å². The Labute approximate surface area is 145 Å². The van der Waals surface area contributed by atoms with E-state index in [1.807, 2.05) is 13.8 Å². The minimum atomic E-state index is -0.475. The largest absolute Gasteiger partial charge is 0.493 e. The van der Waals surface area contributed by atoms with Crippen molar-refractivity contribution in [1.82, 2.24) is 0 Å². The molecular formula is C18H20O5S. The molecule has 2 aromatic rings. The molecule has 0 aliphatic rings. The summed E-state index contributed by atoms with van der Waals surface area (Å²) in [6.45, 7) is 3.68. The lowest BCUT2D eigenvalue weighted by Gasteiger charge is -2.09. The molecule has 1 heterocycles. The van der Waals surface area contributed by atoms with E-state index < -0.39 is 5.97 Å². The molecule has 0 unspecified atom stereocenters. The number of carbonyl (C=O) groups excluding carboxylic acids is 2. The molecule has 0 N–H and O–H groups in total. The molecule has 0 radical (unpaired) electrons. The molecule has 0 aliphatic carbocycles. The van der Waals surface area contributed by atoms with Gasteiger partial charge in [0.05, 0.1) is 14.2 Å². The van der Waals surface area contributed by atoms with Gasteiger partial charge in [0, 0.05) is 10.4 Å². The van der Waals surface area contributed by atoms with E-state index in [-0.39, 0.29) is 12.4 Å². The van der Waals surface area contributed by atoms with Crippen molar-refractivity contribution in [1.29, 1.82) is 0 Å². The first kappa shape index (κ1) is 18.0. The van der Waals surface area contributed by atoms with E-state index in [4.69, 9.17) is 14.2 Å². The van der Waals surface area contributed by atoms with Crippen molar-refractivity contribution >= 4 is 23.1 Å². The molecule has 0 atom stereocenters. The topological polar surface area (TPSA) is 61.8 Å². The van der Waals surface area contributed by atoms with Gasteiger partial charge in [-0.05, 0) is 43.2 Å². The maximum atomic E-state index is 12.2. The summed E-state index contributed by atoms with van der Waals surface area (Å²) in [4.78, 5) is 25.9. The lowest BCUT2D eigenvalue weighted by molar-refractivity contribution is 0.0479. The van der Waals surface area contributed by atoms with Crippen LogP contribution in [0.1, 0.15) is 37.4 Å². The van der Waals surface area contributed by atoms with Gasteiger partial charge in [0.25, 0.3) is 0 Å². The number of ketones is 1. The highest BCUT2D eigenvalue weighted by atomic mass is 32.1. The van der Waals surface area contributed by atoms with E-state index in [2.05, 4.69) is 0 Å². The van der Waals surface area contributed by atoms with Gasteiger partial charge in [0.2, 0.25) is 0 Å². The zero-order valence-electron chi connectivity index (χ0n) is 14.2. The molecule has 6 heteroatoms. The Morgan fingerprint density at radius 1 is 1.08 bits per heavy atom. The van der Waals surface area contributed by atoms with Gasteiger partial charge in [-0.3, -0.25) is 4.79 Å². The average Bonchev–Trinajstić information content (AvgIpc) is 2.99. The molecule has 24 heavy (non-hydrogen) atoms. The Morgan fingerprint density at radius 2 is 1.79 bits per heavy atom. The van der Waals surface area contributed by atoms with E-state index in [9.17, 15) is 9.59 Å². The van der Waals surface area contributed by atoms with Crippen LogP contribution in [0.3, 0.4) is 0 Å². The van der Waals surface area contributed by atoms with E-state index >= 15 is 0 Å². The number of benzene rings is 1. The molecule has 5 nitrogen and oxygen atoms in total. The Balaban J connectivity index is 2.03. The first-order valence-corrected chi connectivity index (χ1v) is 8.33. The van der Waals surface area contributed by atoms with Gasteiger partial charge in [-0.25, -0.2) is 4.79 Å². The quantitative estimate of drug-likeness (QED) is 0.564. The highest BCUT2D eigenvalue weighted by Gasteiger charge is 2.16. The molecule has 1 aromatic carbocycles. The molecular weight excluding hydrogens is 328 g/mol. The molecule has 0 spiro atoms. The number of ether oxygens (including phenoxy) is 3. The third-order valence-electron chi connectivity index (χ3n) is 3.58. The number of rotatable bonds is 7. The van der Waals surface area contributed by atoms with E-state index in [0.717, 1.165) is 16.9 Å². The second kappa shape index (κ2) is 7.97. The van der Waals surface area contributed by atoms with Crippen LogP contribution in [0.15, 0.2) is 24.3 Å². The molecule has 0 saturated heterocycles. The first-order valence-electron chi connectivity index (χ1n) is 7.51. The number of carbonyl (C=O) groups is 2. The van der Waals surface area contributed by atoms with Crippen LogP contribution in [0.2, 0.25) is 0 Å². The van der Waals surface area contributed by atoms with Crippen molar-refractivity contribution in [2.75, 3.05) is 20.8 Å².